The quantitative estimate of drug-likeness (QED) is 0.0968. The molecule has 4 rings (SSSR count). The van der Waals surface area contributed by atoms with Crippen LogP contribution in [-0.2, 0) is 0 Å². The van der Waals surface area contributed by atoms with Crippen molar-refractivity contribution in [1.82, 2.24) is 0 Å². The summed E-state index contributed by atoms with van der Waals surface area (Å²) in [5.74, 6) is -9.02. The number of halogens is 5. The minimum atomic E-state index is -2.21. The molecule has 0 bridgehead atoms. The van der Waals surface area contributed by atoms with Crippen LogP contribution in [0.4, 0.5) is 22.0 Å². The normalized spacial score (nSPS) is 10.2. The Kier molecular flexibility index (Phi) is 7.13. The van der Waals surface area contributed by atoms with Crippen LogP contribution >= 0.6 is 0 Å². The number of hydrogen-bond donors (Lipinski definition) is 0. The molecule has 4 aromatic rings. The molecule has 0 amide bonds. The van der Waals surface area contributed by atoms with Crippen molar-refractivity contribution >= 4 is 13.3 Å². The molecule has 4 aromatic carbocycles. The highest BCUT2D eigenvalue weighted by Gasteiger charge is 2.22. The van der Waals surface area contributed by atoms with E-state index in [0.29, 0.717) is 0 Å². The van der Waals surface area contributed by atoms with Gasteiger partial charge in [0.2, 0.25) is 0 Å². The van der Waals surface area contributed by atoms with Crippen molar-refractivity contribution in [3.05, 3.63) is 143 Å². The van der Waals surface area contributed by atoms with Crippen molar-refractivity contribution in [2.45, 2.75) is 0 Å². The van der Waals surface area contributed by atoms with Crippen LogP contribution in [0.15, 0.2) is 91.0 Å². The van der Waals surface area contributed by atoms with Crippen molar-refractivity contribution in [3.63, 3.8) is 0 Å². The highest BCUT2D eigenvalue weighted by atomic mass is 19.2. The summed E-state index contributed by atoms with van der Waals surface area (Å²) in [7, 11) is 4.56. The molecular weight excluding hydrogens is 406 g/mol. The first kappa shape index (κ1) is 22.2. The maximum atomic E-state index is 12.3. The summed E-state index contributed by atoms with van der Waals surface area (Å²) in [5.41, 5.74) is 2.38. The Hall–Kier alpha value is -3.54. The Morgan fingerprint density at radius 1 is 0.419 bits per heavy atom. The topological polar surface area (TPSA) is 0 Å². The predicted octanol–water partition coefficient (Wildman–Crippen LogP) is 5.88. The fourth-order valence-corrected chi connectivity index (χ4v) is 2.94. The van der Waals surface area contributed by atoms with Crippen LogP contribution in [0.2, 0.25) is 0 Å². The van der Waals surface area contributed by atoms with E-state index < -0.39 is 34.5 Å². The van der Waals surface area contributed by atoms with E-state index in [1.165, 1.54) is 22.6 Å². The fraction of sp³-hybridized carbons (Fsp3) is 0. The lowest BCUT2D eigenvalue weighted by atomic mass is 9.85. The van der Waals surface area contributed by atoms with Crippen LogP contribution < -0.4 is 5.46 Å². The molecule has 0 heterocycles. The van der Waals surface area contributed by atoms with Gasteiger partial charge in [0.25, 0.3) is 0 Å². The van der Waals surface area contributed by atoms with E-state index >= 15 is 0 Å². The van der Waals surface area contributed by atoms with E-state index in [4.69, 9.17) is 0 Å². The molecule has 0 aliphatic heterocycles. The van der Waals surface area contributed by atoms with Crippen LogP contribution in [-0.4, -0.2) is 7.85 Å². The van der Waals surface area contributed by atoms with Crippen LogP contribution in [0.25, 0.3) is 0 Å². The molecule has 0 aliphatic carbocycles. The molecule has 0 nitrogen and oxygen atoms in total. The lowest BCUT2D eigenvalue weighted by molar-refractivity contribution is 0.384. The first-order chi connectivity index (χ1) is 14.9. The fourth-order valence-electron chi connectivity index (χ4n) is 2.94. The van der Waals surface area contributed by atoms with Crippen molar-refractivity contribution in [3.8, 4) is 0 Å². The van der Waals surface area contributed by atoms with Gasteiger partial charge in [0.05, 0.1) is 22.6 Å². The molecule has 0 atom stereocenters. The van der Waals surface area contributed by atoms with Crippen LogP contribution in [0, 0.1) is 35.0 Å². The summed E-state index contributed by atoms with van der Waals surface area (Å²) in [5, 5.41) is 0. The smallest absolute Gasteiger partial charge is 0.200 e. The molecule has 0 fully saturated rings. The Balaban J connectivity index is 0.000000196. The Morgan fingerprint density at radius 2 is 0.677 bits per heavy atom. The van der Waals surface area contributed by atoms with Crippen molar-refractivity contribution in [1.29, 1.82) is 0 Å². The minimum Gasteiger partial charge on any atom is -0.204 e. The zero-order valence-corrected chi connectivity index (χ0v) is 16.1. The van der Waals surface area contributed by atoms with Gasteiger partial charge in [-0.2, -0.15) is 0 Å². The Bertz CT molecular complexity index is 934. The van der Waals surface area contributed by atoms with Gasteiger partial charge in [-0.05, 0) is 78.3 Å². The van der Waals surface area contributed by atoms with Gasteiger partial charge in [-0.3, -0.25) is 0 Å². The zero-order chi connectivity index (χ0) is 22.4. The van der Waals surface area contributed by atoms with Crippen molar-refractivity contribution < 1.29 is 22.0 Å². The average Bonchev–Trinajstić information content (AvgIpc) is 2.83. The summed E-state index contributed by atoms with van der Waals surface area (Å²) < 4.78 is 61.1. The van der Waals surface area contributed by atoms with Gasteiger partial charge in [-0.1, -0.05) is 18.2 Å². The Labute approximate surface area is 178 Å². The third-order valence-corrected chi connectivity index (χ3v) is 4.43. The molecular formula is C25H15BF5+. The highest BCUT2D eigenvalue weighted by molar-refractivity contribution is 6.32. The highest BCUT2D eigenvalue weighted by Crippen LogP contribution is 2.30. The summed E-state index contributed by atoms with van der Waals surface area (Å²) in [4.78, 5) is 0. The van der Waals surface area contributed by atoms with E-state index in [1.54, 1.807) is 0 Å². The van der Waals surface area contributed by atoms with Gasteiger partial charge in [0.15, 0.2) is 29.1 Å². The molecule has 0 saturated carbocycles. The monoisotopic (exact) mass is 421 g/mol. The standard InChI is InChI=1S/C19H15.C6BF5/c1-4-10-16(11-5-1)19(17-12-6-2-7-13-17)18-14-8-3-9-15-18;7-1-2(8)4(10)6(12)5(11)3(1)9/h1-15H;/q+1;. The molecule has 0 aromatic heterocycles. The third-order valence-electron chi connectivity index (χ3n) is 4.43. The maximum absolute atomic E-state index is 12.3. The summed E-state index contributed by atoms with van der Waals surface area (Å²) >= 11 is 0. The maximum Gasteiger partial charge on any atom is 0.200 e. The first-order valence-corrected chi connectivity index (χ1v) is 9.22. The molecule has 0 spiro atoms. The number of rotatable bonds is 3. The molecule has 6 heteroatoms. The van der Waals surface area contributed by atoms with Crippen LogP contribution in [0.1, 0.15) is 16.7 Å². The van der Waals surface area contributed by atoms with E-state index in [0.717, 1.165) is 0 Å². The molecule has 0 unspecified atom stereocenters. The van der Waals surface area contributed by atoms with Crippen LogP contribution in [0.3, 0.4) is 0 Å². The molecule has 0 saturated heterocycles. The second-order valence-electron chi connectivity index (χ2n) is 6.46. The molecule has 0 aliphatic rings. The SMILES string of the molecule is [B]c1c(F)c(F)c(F)c(F)c1F.c1ccc([C+](c2ccccc2)c2ccccc2)cc1. The van der Waals surface area contributed by atoms with E-state index in [2.05, 4.69) is 98.8 Å². The van der Waals surface area contributed by atoms with Crippen molar-refractivity contribution in [2.24, 2.45) is 0 Å². The summed E-state index contributed by atoms with van der Waals surface area (Å²) in [6.07, 6.45) is 0. The van der Waals surface area contributed by atoms with Gasteiger partial charge in [0.1, 0.15) is 7.85 Å². The number of benzene rings is 4. The van der Waals surface area contributed by atoms with E-state index in [9.17, 15) is 22.0 Å². The third kappa shape index (κ3) is 4.97. The zero-order valence-electron chi connectivity index (χ0n) is 16.1. The molecule has 0 N–H and O–H groups in total. The second kappa shape index (κ2) is 9.98. The first-order valence-electron chi connectivity index (χ1n) is 9.22. The van der Waals surface area contributed by atoms with E-state index in [-0.39, 0.29) is 0 Å². The van der Waals surface area contributed by atoms with Gasteiger partial charge in [-0.15, -0.1) is 0 Å². The van der Waals surface area contributed by atoms with Crippen molar-refractivity contribution in [2.75, 3.05) is 0 Å². The van der Waals surface area contributed by atoms with Crippen LogP contribution in [0.5, 0.6) is 0 Å². The lowest BCUT2D eigenvalue weighted by Gasteiger charge is -2.12. The van der Waals surface area contributed by atoms with E-state index in [1.807, 2.05) is 0 Å². The summed E-state index contributed by atoms with van der Waals surface area (Å²) in [6.45, 7) is 0. The van der Waals surface area contributed by atoms with Gasteiger partial charge in [0, 0.05) is 0 Å². The lowest BCUT2D eigenvalue weighted by Crippen LogP contribution is -2.20. The molecule has 31 heavy (non-hydrogen) atoms. The van der Waals surface area contributed by atoms with Gasteiger partial charge in [-0.25, -0.2) is 22.0 Å². The predicted molar refractivity (Wildman–Crippen MR) is 111 cm³/mol. The minimum absolute atomic E-state index is 1.25. The second-order valence-corrected chi connectivity index (χ2v) is 6.46. The van der Waals surface area contributed by atoms with Gasteiger partial charge >= 0.3 is 0 Å². The molecule has 152 valence electrons. The van der Waals surface area contributed by atoms with Gasteiger partial charge < -0.3 is 0 Å². The molecule has 2 radical (unpaired) electrons. The summed E-state index contributed by atoms with van der Waals surface area (Å²) in [6, 6.07) is 31.6. The number of hydrogen-bond acceptors (Lipinski definition) is 0. The average molecular weight is 421 g/mol. The largest absolute Gasteiger partial charge is 0.204 e. The Morgan fingerprint density at radius 3 is 0.968 bits per heavy atom.